The number of aromatic nitrogens is 1. The first kappa shape index (κ1) is 11.3. The molecule has 0 saturated heterocycles. The number of nitrogens with two attached hydrogens (primary N) is 1. The van der Waals surface area contributed by atoms with Gasteiger partial charge in [-0.1, -0.05) is 25.1 Å². The molecule has 0 bridgehead atoms. The zero-order chi connectivity index (χ0) is 11.6. The Kier molecular flexibility index (Phi) is 3.10. The van der Waals surface area contributed by atoms with Gasteiger partial charge in [-0.15, -0.1) is 0 Å². The number of nitrogens with one attached hydrogen (secondary N) is 1. The van der Waals surface area contributed by atoms with Gasteiger partial charge in [0.2, 0.25) is 0 Å². The van der Waals surface area contributed by atoms with Crippen LogP contribution in [-0.2, 0) is 0 Å². The SMILES string of the molecule is CC1(Nc2cnccc2C(N)=S)CCCC1. The summed E-state index contributed by atoms with van der Waals surface area (Å²) in [4.78, 5) is 4.55. The van der Waals surface area contributed by atoms with Crippen molar-refractivity contribution in [2.24, 2.45) is 5.73 Å². The minimum absolute atomic E-state index is 0.169. The molecule has 0 radical (unpaired) electrons. The maximum Gasteiger partial charge on any atom is 0.106 e. The Labute approximate surface area is 101 Å². The molecule has 1 aromatic heterocycles. The highest BCUT2D eigenvalue weighted by Gasteiger charge is 2.28. The predicted molar refractivity (Wildman–Crippen MR) is 70.6 cm³/mol. The zero-order valence-corrected chi connectivity index (χ0v) is 10.3. The molecule has 1 fully saturated rings. The van der Waals surface area contributed by atoms with Crippen molar-refractivity contribution < 1.29 is 0 Å². The predicted octanol–water partition coefficient (Wildman–Crippen LogP) is 2.46. The van der Waals surface area contributed by atoms with E-state index < -0.39 is 0 Å². The van der Waals surface area contributed by atoms with Gasteiger partial charge in [0, 0.05) is 17.3 Å². The highest BCUT2D eigenvalue weighted by molar-refractivity contribution is 7.80. The second kappa shape index (κ2) is 4.37. The molecule has 1 aromatic rings. The van der Waals surface area contributed by atoms with Crippen molar-refractivity contribution >= 4 is 22.9 Å². The molecule has 4 heteroatoms. The van der Waals surface area contributed by atoms with E-state index >= 15 is 0 Å². The number of rotatable bonds is 3. The van der Waals surface area contributed by atoms with Crippen LogP contribution in [0.3, 0.4) is 0 Å². The van der Waals surface area contributed by atoms with E-state index in [1.54, 1.807) is 12.4 Å². The third-order valence-electron chi connectivity index (χ3n) is 3.23. The van der Waals surface area contributed by atoms with Gasteiger partial charge in [0.05, 0.1) is 11.9 Å². The molecule has 0 unspecified atom stereocenters. The first-order valence-corrected chi connectivity index (χ1v) is 6.04. The van der Waals surface area contributed by atoms with Crippen molar-refractivity contribution in [3.05, 3.63) is 24.0 Å². The first-order valence-electron chi connectivity index (χ1n) is 5.63. The summed E-state index contributed by atoms with van der Waals surface area (Å²) in [5.74, 6) is 0. The maximum atomic E-state index is 5.70. The molecule has 0 aromatic carbocycles. The van der Waals surface area contributed by atoms with Gasteiger partial charge in [-0.3, -0.25) is 4.98 Å². The molecule has 1 saturated carbocycles. The fourth-order valence-electron chi connectivity index (χ4n) is 2.31. The standard InChI is InChI=1S/C12H17N3S/c1-12(5-2-3-6-12)15-10-8-14-7-4-9(10)11(13)16/h4,7-8,15H,2-3,5-6H2,1H3,(H2,13,16). The van der Waals surface area contributed by atoms with Gasteiger partial charge < -0.3 is 11.1 Å². The van der Waals surface area contributed by atoms with Gasteiger partial charge >= 0.3 is 0 Å². The van der Waals surface area contributed by atoms with Gasteiger partial charge in [0.15, 0.2) is 0 Å². The zero-order valence-electron chi connectivity index (χ0n) is 9.49. The average Bonchev–Trinajstić information content (AvgIpc) is 2.65. The number of anilines is 1. The van der Waals surface area contributed by atoms with Crippen molar-refractivity contribution in [3.8, 4) is 0 Å². The summed E-state index contributed by atoms with van der Waals surface area (Å²) >= 11 is 5.04. The third-order valence-corrected chi connectivity index (χ3v) is 3.45. The van der Waals surface area contributed by atoms with Crippen molar-refractivity contribution in [1.29, 1.82) is 0 Å². The molecule has 0 aliphatic heterocycles. The van der Waals surface area contributed by atoms with E-state index in [1.165, 1.54) is 25.7 Å². The number of pyridine rings is 1. The second-order valence-corrected chi connectivity index (χ2v) is 5.12. The third kappa shape index (κ3) is 2.32. The Morgan fingerprint density at radius 3 is 2.81 bits per heavy atom. The fraction of sp³-hybridized carbons (Fsp3) is 0.500. The van der Waals surface area contributed by atoms with Crippen molar-refractivity contribution in [2.45, 2.75) is 38.1 Å². The molecule has 16 heavy (non-hydrogen) atoms. The molecule has 2 rings (SSSR count). The van der Waals surface area contributed by atoms with E-state index in [0.717, 1.165) is 11.3 Å². The molecule has 3 N–H and O–H groups in total. The average molecular weight is 235 g/mol. The second-order valence-electron chi connectivity index (χ2n) is 4.68. The van der Waals surface area contributed by atoms with Crippen LogP contribution in [0.1, 0.15) is 38.2 Å². The van der Waals surface area contributed by atoms with Gasteiger partial charge in [0.1, 0.15) is 4.99 Å². The number of hydrogen-bond acceptors (Lipinski definition) is 3. The lowest BCUT2D eigenvalue weighted by Crippen LogP contribution is -2.32. The normalized spacial score (nSPS) is 18.3. The maximum absolute atomic E-state index is 5.70. The molecule has 0 atom stereocenters. The van der Waals surface area contributed by atoms with Crippen LogP contribution >= 0.6 is 12.2 Å². The van der Waals surface area contributed by atoms with Crippen LogP contribution < -0.4 is 11.1 Å². The van der Waals surface area contributed by atoms with Crippen LogP contribution in [0.25, 0.3) is 0 Å². The lowest BCUT2D eigenvalue weighted by atomic mass is 10.00. The molecule has 1 aliphatic rings. The number of hydrogen-bond donors (Lipinski definition) is 2. The molecule has 0 spiro atoms. The van der Waals surface area contributed by atoms with Crippen LogP contribution in [0.2, 0.25) is 0 Å². The van der Waals surface area contributed by atoms with E-state index in [0.29, 0.717) is 4.99 Å². The molecule has 86 valence electrons. The van der Waals surface area contributed by atoms with Gasteiger partial charge in [-0.25, -0.2) is 0 Å². The largest absolute Gasteiger partial charge is 0.389 e. The van der Waals surface area contributed by atoms with Gasteiger partial charge in [-0.2, -0.15) is 0 Å². The fourth-order valence-corrected chi connectivity index (χ4v) is 2.49. The molecule has 1 aliphatic carbocycles. The summed E-state index contributed by atoms with van der Waals surface area (Å²) in [5.41, 5.74) is 7.71. The van der Waals surface area contributed by atoms with E-state index in [1.807, 2.05) is 6.07 Å². The summed E-state index contributed by atoms with van der Waals surface area (Å²) < 4.78 is 0. The molecular weight excluding hydrogens is 218 g/mol. The quantitative estimate of drug-likeness (QED) is 0.790. The van der Waals surface area contributed by atoms with E-state index in [4.69, 9.17) is 18.0 Å². The molecule has 1 heterocycles. The highest BCUT2D eigenvalue weighted by atomic mass is 32.1. The van der Waals surface area contributed by atoms with E-state index in [9.17, 15) is 0 Å². The van der Waals surface area contributed by atoms with Crippen molar-refractivity contribution in [2.75, 3.05) is 5.32 Å². The van der Waals surface area contributed by atoms with Gasteiger partial charge in [-0.05, 0) is 25.8 Å². The monoisotopic (exact) mass is 235 g/mol. The number of nitrogens with zero attached hydrogens (tertiary/aromatic N) is 1. The van der Waals surface area contributed by atoms with Crippen LogP contribution in [0.5, 0.6) is 0 Å². The van der Waals surface area contributed by atoms with E-state index in [-0.39, 0.29) is 5.54 Å². The van der Waals surface area contributed by atoms with Crippen LogP contribution in [-0.4, -0.2) is 15.5 Å². The Balaban J connectivity index is 2.23. The summed E-state index contributed by atoms with van der Waals surface area (Å²) in [6.07, 6.45) is 8.48. The smallest absolute Gasteiger partial charge is 0.106 e. The van der Waals surface area contributed by atoms with E-state index in [2.05, 4.69) is 17.2 Å². The van der Waals surface area contributed by atoms with Crippen LogP contribution in [0.4, 0.5) is 5.69 Å². The summed E-state index contributed by atoms with van der Waals surface area (Å²) in [6, 6.07) is 1.86. The lowest BCUT2D eigenvalue weighted by molar-refractivity contribution is 0.533. The van der Waals surface area contributed by atoms with Crippen molar-refractivity contribution in [3.63, 3.8) is 0 Å². The Morgan fingerprint density at radius 2 is 2.19 bits per heavy atom. The lowest BCUT2D eigenvalue weighted by Gasteiger charge is -2.27. The summed E-state index contributed by atoms with van der Waals surface area (Å²) in [5, 5.41) is 3.54. The molecular formula is C12H17N3S. The van der Waals surface area contributed by atoms with Gasteiger partial charge in [0.25, 0.3) is 0 Å². The molecule has 0 amide bonds. The summed E-state index contributed by atoms with van der Waals surface area (Å²) in [7, 11) is 0. The van der Waals surface area contributed by atoms with Crippen LogP contribution in [0, 0.1) is 0 Å². The Hall–Kier alpha value is -1.16. The van der Waals surface area contributed by atoms with Crippen molar-refractivity contribution in [1.82, 2.24) is 4.98 Å². The first-order chi connectivity index (χ1) is 7.61. The topological polar surface area (TPSA) is 50.9 Å². The summed E-state index contributed by atoms with van der Waals surface area (Å²) in [6.45, 7) is 2.25. The molecule has 3 nitrogen and oxygen atoms in total. The number of thiocarbonyl (C=S) groups is 1. The Morgan fingerprint density at radius 1 is 1.50 bits per heavy atom. The Bertz CT molecular complexity index is 397. The highest BCUT2D eigenvalue weighted by Crippen LogP contribution is 2.33. The van der Waals surface area contributed by atoms with Crippen LogP contribution in [0.15, 0.2) is 18.5 Å². The minimum atomic E-state index is 0.169. The minimum Gasteiger partial charge on any atom is -0.389 e.